The maximum Gasteiger partial charge on any atom is 0.254 e. The SMILES string of the molecule is Cc1cc(C(=O)N(C)Cc2cc(C#CCN)cs2)ccn1. The van der Waals surface area contributed by atoms with Gasteiger partial charge in [-0.3, -0.25) is 9.78 Å². The number of hydrogen-bond acceptors (Lipinski definition) is 4. The lowest BCUT2D eigenvalue weighted by Crippen LogP contribution is -2.25. The Morgan fingerprint density at radius 2 is 2.29 bits per heavy atom. The Morgan fingerprint density at radius 3 is 3.00 bits per heavy atom. The summed E-state index contributed by atoms with van der Waals surface area (Å²) in [5, 5.41) is 1.98. The first kappa shape index (κ1) is 15.2. The minimum atomic E-state index is -0.0107. The van der Waals surface area contributed by atoms with E-state index in [1.807, 2.05) is 18.4 Å². The second-order valence-electron chi connectivity index (χ2n) is 4.65. The van der Waals surface area contributed by atoms with Gasteiger partial charge >= 0.3 is 0 Å². The first-order valence-corrected chi connectivity index (χ1v) is 7.42. The van der Waals surface area contributed by atoms with Crippen molar-refractivity contribution in [1.82, 2.24) is 9.88 Å². The Balaban J connectivity index is 2.05. The minimum absolute atomic E-state index is 0.0107. The highest BCUT2D eigenvalue weighted by Crippen LogP contribution is 2.17. The van der Waals surface area contributed by atoms with E-state index in [4.69, 9.17) is 5.73 Å². The second-order valence-corrected chi connectivity index (χ2v) is 5.65. The molecule has 108 valence electrons. The fourth-order valence-electron chi connectivity index (χ4n) is 1.89. The third-order valence-electron chi connectivity index (χ3n) is 2.87. The number of carbonyl (C=O) groups excluding carboxylic acids is 1. The molecule has 2 N–H and O–H groups in total. The molecule has 0 fully saturated rings. The summed E-state index contributed by atoms with van der Waals surface area (Å²) >= 11 is 1.59. The molecule has 2 heterocycles. The predicted molar refractivity (Wildman–Crippen MR) is 85.0 cm³/mol. The van der Waals surface area contributed by atoms with Crippen molar-refractivity contribution in [2.45, 2.75) is 13.5 Å². The summed E-state index contributed by atoms with van der Waals surface area (Å²) in [6, 6.07) is 5.53. The first-order chi connectivity index (χ1) is 10.1. The number of hydrogen-bond donors (Lipinski definition) is 1. The molecular formula is C16H17N3OS. The average molecular weight is 299 g/mol. The van der Waals surface area contributed by atoms with E-state index in [1.54, 1.807) is 41.6 Å². The van der Waals surface area contributed by atoms with Crippen LogP contribution in [0, 0.1) is 18.8 Å². The number of nitrogens with two attached hydrogens (primary N) is 1. The van der Waals surface area contributed by atoms with Gasteiger partial charge in [-0.2, -0.15) is 0 Å². The third-order valence-corrected chi connectivity index (χ3v) is 3.79. The van der Waals surface area contributed by atoms with Gasteiger partial charge in [-0.15, -0.1) is 11.3 Å². The smallest absolute Gasteiger partial charge is 0.254 e. The zero-order chi connectivity index (χ0) is 15.2. The number of pyridine rings is 1. The van der Waals surface area contributed by atoms with Crippen LogP contribution < -0.4 is 5.73 Å². The van der Waals surface area contributed by atoms with Crippen LogP contribution in [0.3, 0.4) is 0 Å². The van der Waals surface area contributed by atoms with Crippen molar-refractivity contribution in [2.75, 3.05) is 13.6 Å². The molecule has 0 aliphatic heterocycles. The summed E-state index contributed by atoms with van der Waals surface area (Å²) in [5.74, 6) is 5.80. The molecule has 0 aliphatic carbocycles. The van der Waals surface area contributed by atoms with Gasteiger partial charge in [-0.1, -0.05) is 11.8 Å². The van der Waals surface area contributed by atoms with Crippen LogP contribution in [0.1, 0.15) is 26.5 Å². The number of rotatable bonds is 3. The highest BCUT2D eigenvalue weighted by Gasteiger charge is 2.13. The summed E-state index contributed by atoms with van der Waals surface area (Å²) in [4.78, 5) is 19.2. The fourth-order valence-corrected chi connectivity index (χ4v) is 2.76. The Bertz CT molecular complexity index is 697. The summed E-state index contributed by atoms with van der Waals surface area (Å²) in [6.07, 6.45) is 1.65. The molecule has 0 radical (unpaired) electrons. The van der Waals surface area contributed by atoms with Crippen LogP contribution in [0.15, 0.2) is 29.8 Å². The monoisotopic (exact) mass is 299 g/mol. The zero-order valence-electron chi connectivity index (χ0n) is 12.1. The van der Waals surface area contributed by atoms with Gasteiger partial charge in [0.2, 0.25) is 0 Å². The maximum atomic E-state index is 12.3. The Hall–Kier alpha value is -2.16. The molecule has 0 atom stereocenters. The maximum absolute atomic E-state index is 12.3. The number of amides is 1. The van der Waals surface area contributed by atoms with Crippen molar-refractivity contribution in [2.24, 2.45) is 5.73 Å². The van der Waals surface area contributed by atoms with E-state index in [1.165, 1.54) is 0 Å². The molecule has 21 heavy (non-hydrogen) atoms. The van der Waals surface area contributed by atoms with Crippen LogP contribution >= 0.6 is 11.3 Å². The molecule has 0 spiro atoms. The summed E-state index contributed by atoms with van der Waals surface area (Å²) in [7, 11) is 1.79. The average Bonchev–Trinajstić information content (AvgIpc) is 2.91. The van der Waals surface area contributed by atoms with E-state index in [-0.39, 0.29) is 5.91 Å². The summed E-state index contributed by atoms with van der Waals surface area (Å²) < 4.78 is 0. The zero-order valence-corrected chi connectivity index (χ0v) is 12.9. The van der Waals surface area contributed by atoms with Crippen LogP contribution in [0.4, 0.5) is 0 Å². The number of aryl methyl sites for hydroxylation is 1. The van der Waals surface area contributed by atoms with Crippen molar-refractivity contribution < 1.29 is 4.79 Å². The van der Waals surface area contributed by atoms with Gasteiger partial charge in [0.25, 0.3) is 5.91 Å². The number of thiophene rings is 1. The molecule has 2 rings (SSSR count). The lowest BCUT2D eigenvalue weighted by Gasteiger charge is -2.16. The van der Waals surface area contributed by atoms with E-state index < -0.39 is 0 Å². The largest absolute Gasteiger partial charge is 0.337 e. The predicted octanol–water partition coefficient (Wildman–Crippen LogP) is 2.03. The molecule has 0 bridgehead atoms. The van der Waals surface area contributed by atoms with E-state index in [9.17, 15) is 4.79 Å². The van der Waals surface area contributed by atoms with Crippen molar-refractivity contribution in [3.63, 3.8) is 0 Å². The van der Waals surface area contributed by atoms with E-state index in [0.29, 0.717) is 18.7 Å². The topological polar surface area (TPSA) is 59.2 Å². The van der Waals surface area contributed by atoms with Gasteiger partial charge in [-0.05, 0) is 25.1 Å². The normalized spacial score (nSPS) is 9.86. The third kappa shape index (κ3) is 4.15. The quantitative estimate of drug-likeness (QED) is 0.882. The van der Waals surface area contributed by atoms with Gasteiger partial charge in [0, 0.05) is 40.3 Å². The molecule has 0 saturated carbocycles. The molecule has 0 saturated heterocycles. The molecule has 2 aromatic rings. The molecular weight excluding hydrogens is 282 g/mol. The molecule has 4 nitrogen and oxygen atoms in total. The Morgan fingerprint density at radius 1 is 1.48 bits per heavy atom. The van der Waals surface area contributed by atoms with Gasteiger partial charge < -0.3 is 10.6 Å². The first-order valence-electron chi connectivity index (χ1n) is 6.54. The highest BCUT2D eigenvalue weighted by molar-refractivity contribution is 7.10. The Labute approximate surface area is 128 Å². The van der Waals surface area contributed by atoms with Crippen LogP contribution in [0.5, 0.6) is 0 Å². The number of nitrogens with zero attached hydrogens (tertiary/aromatic N) is 2. The van der Waals surface area contributed by atoms with Crippen LogP contribution in [0.2, 0.25) is 0 Å². The fraction of sp³-hybridized carbons (Fsp3) is 0.250. The van der Waals surface area contributed by atoms with E-state index >= 15 is 0 Å². The van der Waals surface area contributed by atoms with Crippen molar-refractivity contribution >= 4 is 17.2 Å². The summed E-state index contributed by atoms with van der Waals surface area (Å²) in [5.41, 5.74) is 7.79. The minimum Gasteiger partial charge on any atom is -0.337 e. The molecule has 5 heteroatoms. The lowest BCUT2D eigenvalue weighted by atomic mass is 10.2. The van der Waals surface area contributed by atoms with Crippen molar-refractivity contribution in [3.05, 3.63) is 51.5 Å². The highest BCUT2D eigenvalue weighted by atomic mass is 32.1. The van der Waals surface area contributed by atoms with Crippen LogP contribution in [-0.2, 0) is 6.54 Å². The molecule has 0 unspecified atom stereocenters. The van der Waals surface area contributed by atoms with Gasteiger partial charge in [0.1, 0.15) is 0 Å². The molecule has 2 aromatic heterocycles. The number of carbonyl (C=O) groups is 1. The van der Waals surface area contributed by atoms with Gasteiger partial charge in [0.05, 0.1) is 13.1 Å². The lowest BCUT2D eigenvalue weighted by molar-refractivity contribution is 0.0786. The summed E-state index contributed by atoms with van der Waals surface area (Å²) in [6.45, 7) is 2.79. The standard InChI is InChI=1S/C16H17N3OS/c1-12-8-14(5-7-18-12)16(20)19(2)10-15-9-13(11-21-15)4-3-6-17/h5,7-9,11H,6,10,17H2,1-2H3. The number of aromatic nitrogens is 1. The van der Waals surface area contributed by atoms with E-state index in [0.717, 1.165) is 16.1 Å². The van der Waals surface area contributed by atoms with E-state index in [2.05, 4.69) is 16.8 Å². The molecule has 0 aromatic carbocycles. The molecule has 1 amide bonds. The Kier molecular flexibility index (Phi) is 5.09. The van der Waals surface area contributed by atoms with Crippen LogP contribution in [0.25, 0.3) is 0 Å². The van der Waals surface area contributed by atoms with Gasteiger partial charge in [0.15, 0.2) is 0 Å². The van der Waals surface area contributed by atoms with Crippen molar-refractivity contribution in [3.8, 4) is 11.8 Å². The second kappa shape index (κ2) is 7.02. The van der Waals surface area contributed by atoms with Crippen molar-refractivity contribution in [1.29, 1.82) is 0 Å². The van der Waals surface area contributed by atoms with Crippen LogP contribution in [-0.4, -0.2) is 29.4 Å². The van der Waals surface area contributed by atoms with Gasteiger partial charge in [-0.25, -0.2) is 0 Å². The molecule has 0 aliphatic rings.